The minimum Gasteiger partial charge on any atom is -0.421 e. The van der Waals surface area contributed by atoms with Crippen molar-refractivity contribution in [1.29, 1.82) is 0 Å². The maximum atomic E-state index is 10.7. The third-order valence-electron chi connectivity index (χ3n) is 1.10. The zero-order valence-electron chi connectivity index (χ0n) is 5.23. The fourth-order valence-electron chi connectivity index (χ4n) is 0.663. The van der Waals surface area contributed by atoms with E-state index in [0.717, 1.165) is 5.57 Å². The van der Waals surface area contributed by atoms with Crippen molar-refractivity contribution in [2.45, 2.75) is 0 Å². The van der Waals surface area contributed by atoms with Gasteiger partial charge in [-0.15, -0.1) is 0 Å². The Labute approximate surface area is 89.1 Å². The molecule has 1 aliphatic heterocycles. The first-order valence-corrected chi connectivity index (χ1v) is 5.40. The minimum atomic E-state index is -0.328. The van der Waals surface area contributed by atoms with Crippen LogP contribution in [0, 0.1) is 0 Å². The normalized spacial score (nSPS) is 16.5. The van der Waals surface area contributed by atoms with Gasteiger partial charge in [-0.1, -0.05) is 15.9 Å². The largest absolute Gasteiger partial charge is 0.421 e. The van der Waals surface area contributed by atoms with Gasteiger partial charge in [-0.05, 0) is 31.9 Å². The Balaban J connectivity index is 2.98. The van der Waals surface area contributed by atoms with Crippen LogP contribution < -0.4 is 0 Å². The highest BCUT2D eigenvalue weighted by Gasteiger charge is 2.20. The lowest BCUT2D eigenvalue weighted by Gasteiger charge is -1.99. The average molecular weight is 347 g/mol. The first-order chi connectivity index (χ1) is 5.15. The van der Waals surface area contributed by atoms with Crippen LogP contribution >= 0.6 is 47.8 Å². The zero-order valence-corrected chi connectivity index (χ0v) is 9.99. The maximum absolute atomic E-state index is 10.7. The monoisotopic (exact) mass is 344 g/mol. The van der Waals surface area contributed by atoms with Crippen molar-refractivity contribution in [2.24, 2.45) is 0 Å². The third-order valence-corrected chi connectivity index (χ3v) is 2.43. The van der Waals surface area contributed by atoms with E-state index in [9.17, 15) is 4.79 Å². The molecule has 1 aliphatic rings. The number of halogens is 3. The van der Waals surface area contributed by atoms with E-state index in [-0.39, 0.29) is 5.97 Å². The highest BCUT2D eigenvalue weighted by atomic mass is 79.9. The van der Waals surface area contributed by atoms with E-state index in [1.165, 1.54) is 6.08 Å². The van der Waals surface area contributed by atoms with Crippen molar-refractivity contribution >= 4 is 53.8 Å². The van der Waals surface area contributed by atoms with E-state index >= 15 is 0 Å². The second-order valence-electron chi connectivity index (χ2n) is 1.81. The van der Waals surface area contributed by atoms with Gasteiger partial charge in [-0.25, -0.2) is 4.79 Å². The Kier molecular flexibility index (Phi) is 3.33. The standard InChI is InChI=1S/C6H3Br3O2/c7-2-3-1-4(10)11-5(3)6(8)9/h1H,2H2. The van der Waals surface area contributed by atoms with Gasteiger partial charge in [-0.2, -0.15) is 0 Å². The highest BCUT2D eigenvalue weighted by Crippen LogP contribution is 2.30. The van der Waals surface area contributed by atoms with Crippen LogP contribution in [0.1, 0.15) is 0 Å². The molecule has 0 saturated heterocycles. The van der Waals surface area contributed by atoms with Gasteiger partial charge in [0.25, 0.3) is 0 Å². The minimum absolute atomic E-state index is 0.328. The maximum Gasteiger partial charge on any atom is 0.336 e. The summed E-state index contributed by atoms with van der Waals surface area (Å²) in [5, 5.41) is 0.606. The van der Waals surface area contributed by atoms with Gasteiger partial charge in [0.2, 0.25) is 0 Å². The molecule has 2 nitrogen and oxygen atoms in total. The van der Waals surface area contributed by atoms with Crippen molar-refractivity contribution in [1.82, 2.24) is 0 Å². The first-order valence-electron chi connectivity index (χ1n) is 2.69. The van der Waals surface area contributed by atoms with Crippen LogP contribution in [0.2, 0.25) is 0 Å². The summed E-state index contributed by atoms with van der Waals surface area (Å²) < 4.78 is 5.50. The molecule has 0 N–H and O–H groups in total. The Morgan fingerprint density at radius 2 is 2.18 bits per heavy atom. The van der Waals surface area contributed by atoms with Gasteiger partial charge in [0, 0.05) is 17.0 Å². The number of esters is 1. The number of allylic oxidation sites excluding steroid dienone is 1. The van der Waals surface area contributed by atoms with Gasteiger partial charge >= 0.3 is 5.97 Å². The van der Waals surface area contributed by atoms with E-state index in [1.807, 2.05) is 0 Å². The SMILES string of the molecule is O=C1C=C(CBr)C(=C(Br)Br)O1. The van der Waals surface area contributed by atoms with Crippen LogP contribution in [0.5, 0.6) is 0 Å². The number of ether oxygens (including phenoxy) is 1. The molecule has 0 unspecified atom stereocenters. The molecule has 1 heterocycles. The summed E-state index contributed by atoms with van der Waals surface area (Å²) in [5.74, 6) is 0.220. The van der Waals surface area contributed by atoms with Crippen molar-refractivity contribution in [3.05, 3.63) is 20.8 Å². The van der Waals surface area contributed by atoms with E-state index in [0.29, 0.717) is 14.5 Å². The summed E-state index contributed by atoms with van der Waals surface area (Å²) >= 11 is 9.57. The molecule has 0 amide bonds. The smallest absolute Gasteiger partial charge is 0.336 e. The molecule has 1 rings (SSSR count). The molecule has 0 radical (unpaired) electrons. The van der Waals surface area contributed by atoms with Gasteiger partial charge in [0.05, 0.1) is 0 Å². The van der Waals surface area contributed by atoms with E-state index < -0.39 is 0 Å². The number of hydrogen-bond donors (Lipinski definition) is 0. The number of alkyl halides is 1. The predicted octanol–water partition coefficient (Wildman–Crippen LogP) is 2.82. The average Bonchev–Trinajstić information content (AvgIpc) is 2.30. The van der Waals surface area contributed by atoms with Crippen molar-refractivity contribution in [3.63, 3.8) is 0 Å². The lowest BCUT2D eigenvalue weighted by Crippen LogP contribution is -1.91. The molecule has 0 atom stereocenters. The van der Waals surface area contributed by atoms with Crippen LogP contribution in [0.3, 0.4) is 0 Å². The molecule has 0 spiro atoms. The molecule has 0 saturated carbocycles. The summed E-state index contributed by atoms with van der Waals surface area (Å²) in [4.78, 5) is 10.7. The third kappa shape index (κ3) is 2.16. The summed E-state index contributed by atoms with van der Waals surface area (Å²) in [6.45, 7) is 0. The van der Waals surface area contributed by atoms with Crippen LogP contribution in [-0.2, 0) is 9.53 Å². The van der Waals surface area contributed by atoms with Crippen molar-refractivity contribution in [3.8, 4) is 0 Å². The quantitative estimate of drug-likeness (QED) is 0.539. The summed E-state index contributed by atoms with van der Waals surface area (Å²) in [5.41, 5.74) is 0.832. The second-order valence-corrected chi connectivity index (χ2v) is 5.02. The Morgan fingerprint density at radius 3 is 2.55 bits per heavy atom. The van der Waals surface area contributed by atoms with Crippen molar-refractivity contribution in [2.75, 3.05) is 5.33 Å². The summed E-state index contributed by atoms with van der Waals surface area (Å²) in [6.07, 6.45) is 1.45. The molecule has 11 heavy (non-hydrogen) atoms. The van der Waals surface area contributed by atoms with Gasteiger partial charge < -0.3 is 4.74 Å². The molecular weight excluding hydrogens is 344 g/mol. The molecule has 0 fully saturated rings. The number of hydrogen-bond acceptors (Lipinski definition) is 2. The number of cyclic esters (lactones) is 1. The fraction of sp³-hybridized carbons (Fsp3) is 0.167. The molecular formula is C6H3Br3O2. The van der Waals surface area contributed by atoms with E-state index in [2.05, 4.69) is 47.8 Å². The van der Waals surface area contributed by atoms with Crippen LogP contribution in [-0.4, -0.2) is 11.3 Å². The van der Waals surface area contributed by atoms with Crippen molar-refractivity contribution < 1.29 is 9.53 Å². The molecule has 0 aromatic carbocycles. The van der Waals surface area contributed by atoms with Gasteiger partial charge in [0.1, 0.15) is 3.39 Å². The Hall–Kier alpha value is 0.390. The molecule has 5 heteroatoms. The first kappa shape index (κ1) is 9.48. The van der Waals surface area contributed by atoms with E-state index in [1.54, 1.807) is 0 Å². The zero-order chi connectivity index (χ0) is 8.43. The van der Waals surface area contributed by atoms with Crippen LogP contribution in [0.4, 0.5) is 0 Å². The summed E-state index contributed by atoms with van der Waals surface area (Å²) in [6, 6.07) is 0. The molecule has 0 aromatic rings. The lowest BCUT2D eigenvalue weighted by atomic mass is 10.3. The van der Waals surface area contributed by atoms with E-state index in [4.69, 9.17) is 4.74 Å². The topological polar surface area (TPSA) is 26.3 Å². The molecule has 0 aliphatic carbocycles. The lowest BCUT2D eigenvalue weighted by molar-refractivity contribution is -0.132. The number of carbonyl (C=O) groups is 1. The van der Waals surface area contributed by atoms with Gasteiger partial charge in [0.15, 0.2) is 5.76 Å². The number of rotatable bonds is 1. The fourth-order valence-corrected chi connectivity index (χ4v) is 1.75. The predicted molar refractivity (Wildman–Crippen MR) is 52.8 cm³/mol. The van der Waals surface area contributed by atoms with Crippen LogP contribution in [0.15, 0.2) is 20.8 Å². The summed E-state index contributed by atoms with van der Waals surface area (Å²) in [7, 11) is 0. The van der Waals surface area contributed by atoms with Gasteiger partial charge in [-0.3, -0.25) is 0 Å². The highest BCUT2D eigenvalue weighted by molar-refractivity contribution is 9.28. The number of carbonyl (C=O) groups excluding carboxylic acids is 1. The molecule has 0 bridgehead atoms. The van der Waals surface area contributed by atoms with Crippen LogP contribution in [0.25, 0.3) is 0 Å². The Bertz CT molecular complexity index is 251. The molecule has 0 aromatic heterocycles. The molecule has 60 valence electrons. The second kappa shape index (κ2) is 3.87. The Morgan fingerprint density at radius 1 is 1.55 bits per heavy atom.